The second-order valence-corrected chi connectivity index (χ2v) is 5.08. The van der Waals surface area contributed by atoms with Crippen molar-refractivity contribution in [3.05, 3.63) is 0 Å². The molecule has 5 nitrogen and oxygen atoms in total. The molecule has 3 atom stereocenters. The number of nitrogens with zero attached hydrogens (tertiary/aromatic N) is 1. The summed E-state index contributed by atoms with van der Waals surface area (Å²) in [5, 5.41) is 6.10. The Morgan fingerprint density at radius 3 is 2.50 bits per heavy atom. The van der Waals surface area contributed by atoms with E-state index in [1.807, 2.05) is 4.90 Å². The quantitative estimate of drug-likeness (QED) is 0.596. The number of amides is 2. The van der Waals surface area contributed by atoms with Crippen LogP contribution >= 0.6 is 0 Å². The van der Waals surface area contributed by atoms with Gasteiger partial charge in [0.05, 0.1) is 0 Å². The van der Waals surface area contributed by atoms with Crippen LogP contribution in [0, 0.1) is 11.8 Å². The Balaban J connectivity index is 1.62. The number of likely N-dealkylation sites (tertiary alicyclic amines) is 1. The van der Waals surface area contributed by atoms with Crippen molar-refractivity contribution < 1.29 is 9.59 Å². The van der Waals surface area contributed by atoms with Gasteiger partial charge in [0.1, 0.15) is 6.04 Å². The van der Waals surface area contributed by atoms with Crippen LogP contribution in [0.2, 0.25) is 0 Å². The zero-order valence-corrected chi connectivity index (χ0v) is 9.24. The molecule has 88 valence electrons. The van der Waals surface area contributed by atoms with E-state index in [1.165, 1.54) is 0 Å². The van der Waals surface area contributed by atoms with Crippen molar-refractivity contribution in [3.63, 3.8) is 0 Å². The summed E-state index contributed by atoms with van der Waals surface area (Å²) in [5.74, 6) is 1.39. The number of rotatable bonds is 1. The summed E-state index contributed by atoms with van der Waals surface area (Å²) in [6.45, 7) is 3.79. The van der Waals surface area contributed by atoms with Crippen LogP contribution in [0.5, 0.6) is 0 Å². The zero-order chi connectivity index (χ0) is 11.1. The molecule has 2 unspecified atom stereocenters. The van der Waals surface area contributed by atoms with Crippen molar-refractivity contribution in [3.8, 4) is 0 Å². The highest BCUT2D eigenvalue weighted by Gasteiger charge is 2.40. The largest absolute Gasteiger partial charge is 0.344 e. The molecule has 0 aromatic rings. The lowest BCUT2D eigenvalue weighted by Gasteiger charge is -2.21. The Hall–Kier alpha value is -1.10. The molecule has 0 aromatic carbocycles. The molecule has 3 heterocycles. The first-order valence-corrected chi connectivity index (χ1v) is 6.03. The fourth-order valence-electron chi connectivity index (χ4n) is 3.06. The van der Waals surface area contributed by atoms with Gasteiger partial charge in [-0.25, -0.2) is 0 Å². The van der Waals surface area contributed by atoms with Gasteiger partial charge in [0.15, 0.2) is 0 Å². The minimum absolute atomic E-state index is 0.0133. The Kier molecular flexibility index (Phi) is 2.35. The van der Waals surface area contributed by atoms with Gasteiger partial charge in [-0.1, -0.05) is 0 Å². The van der Waals surface area contributed by atoms with Gasteiger partial charge in [-0.2, -0.15) is 0 Å². The van der Waals surface area contributed by atoms with Crippen molar-refractivity contribution in [2.45, 2.75) is 18.9 Å². The van der Waals surface area contributed by atoms with Crippen molar-refractivity contribution in [2.75, 3.05) is 26.2 Å². The predicted molar refractivity (Wildman–Crippen MR) is 57.6 cm³/mol. The molecule has 16 heavy (non-hydrogen) atoms. The average molecular weight is 223 g/mol. The Morgan fingerprint density at radius 2 is 1.94 bits per heavy atom. The molecule has 3 fully saturated rings. The van der Waals surface area contributed by atoms with E-state index in [2.05, 4.69) is 10.6 Å². The normalized spacial score (nSPS) is 37.6. The molecule has 3 rings (SSSR count). The molecule has 2 amide bonds. The topological polar surface area (TPSA) is 61.4 Å². The minimum atomic E-state index is -0.251. The molecule has 0 bridgehead atoms. The van der Waals surface area contributed by atoms with Crippen molar-refractivity contribution >= 4 is 11.8 Å². The molecule has 3 saturated heterocycles. The highest BCUT2D eigenvalue weighted by atomic mass is 16.2. The second kappa shape index (κ2) is 3.73. The summed E-state index contributed by atoms with van der Waals surface area (Å²) >= 11 is 0. The maximum atomic E-state index is 12.1. The Bertz CT molecular complexity index is 319. The molecule has 3 aliphatic rings. The third kappa shape index (κ3) is 1.59. The van der Waals surface area contributed by atoms with Gasteiger partial charge in [-0.3, -0.25) is 9.59 Å². The van der Waals surface area contributed by atoms with E-state index < -0.39 is 0 Å². The summed E-state index contributed by atoms with van der Waals surface area (Å²) in [6.07, 6.45) is 1.17. The van der Waals surface area contributed by atoms with Gasteiger partial charge < -0.3 is 15.5 Å². The zero-order valence-electron chi connectivity index (χ0n) is 9.24. The first-order chi connectivity index (χ1) is 7.74. The molecule has 0 aromatic heterocycles. The monoisotopic (exact) mass is 223 g/mol. The van der Waals surface area contributed by atoms with Crippen LogP contribution in [-0.2, 0) is 9.59 Å². The number of nitrogens with one attached hydrogen (secondary N) is 2. The van der Waals surface area contributed by atoms with Gasteiger partial charge >= 0.3 is 0 Å². The number of hydrogen-bond acceptors (Lipinski definition) is 3. The lowest BCUT2D eigenvalue weighted by atomic mass is 10.0. The number of carbonyl (C=O) groups excluding carboxylic acids is 2. The standard InChI is InChI=1S/C11H17N3O2/c15-10-2-1-9(13-10)11(16)14-5-7-3-12-4-8(7)6-14/h7-9,12H,1-6H2,(H,13,15)/t7?,8?,9-/m0/s1. The van der Waals surface area contributed by atoms with E-state index >= 15 is 0 Å². The van der Waals surface area contributed by atoms with Gasteiger partial charge in [0, 0.05) is 32.6 Å². The van der Waals surface area contributed by atoms with Crippen LogP contribution in [0.15, 0.2) is 0 Å². The highest BCUT2D eigenvalue weighted by Crippen LogP contribution is 2.27. The van der Waals surface area contributed by atoms with E-state index in [-0.39, 0.29) is 17.9 Å². The maximum Gasteiger partial charge on any atom is 0.245 e. The van der Waals surface area contributed by atoms with Crippen LogP contribution < -0.4 is 10.6 Å². The fourth-order valence-corrected chi connectivity index (χ4v) is 3.06. The molecular formula is C11H17N3O2. The van der Waals surface area contributed by atoms with Crippen LogP contribution in [0.4, 0.5) is 0 Å². The van der Waals surface area contributed by atoms with Gasteiger partial charge in [0.2, 0.25) is 11.8 Å². The minimum Gasteiger partial charge on any atom is -0.344 e. The summed E-state index contributed by atoms with van der Waals surface area (Å²) in [7, 11) is 0. The summed E-state index contributed by atoms with van der Waals surface area (Å²) in [6, 6.07) is -0.251. The summed E-state index contributed by atoms with van der Waals surface area (Å²) in [4.78, 5) is 25.1. The second-order valence-electron chi connectivity index (χ2n) is 5.08. The van der Waals surface area contributed by atoms with E-state index in [4.69, 9.17) is 0 Å². The average Bonchev–Trinajstić information content (AvgIpc) is 2.89. The third-order valence-corrected chi connectivity index (χ3v) is 3.99. The molecule has 5 heteroatoms. The summed E-state index contributed by atoms with van der Waals surface area (Å²) in [5.41, 5.74) is 0. The highest BCUT2D eigenvalue weighted by molar-refractivity contribution is 5.90. The lowest BCUT2D eigenvalue weighted by Crippen LogP contribution is -2.44. The smallest absolute Gasteiger partial charge is 0.245 e. The number of hydrogen-bond donors (Lipinski definition) is 2. The van der Waals surface area contributed by atoms with Crippen molar-refractivity contribution in [1.82, 2.24) is 15.5 Å². The fraction of sp³-hybridized carbons (Fsp3) is 0.818. The molecule has 2 N–H and O–H groups in total. The first kappa shape index (κ1) is 10.1. The Labute approximate surface area is 94.6 Å². The molecule has 0 aliphatic carbocycles. The molecular weight excluding hydrogens is 206 g/mol. The first-order valence-electron chi connectivity index (χ1n) is 6.03. The lowest BCUT2D eigenvalue weighted by molar-refractivity contribution is -0.133. The summed E-state index contributed by atoms with van der Waals surface area (Å²) < 4.78 is 0. The van der Waals surface area contributed by atoms with Gasteiger partial charge in [0.25, 0.3) is 0 Å². The van der Waals surface area contributed by atoms with Crippen LogP contribution in [0.1, 0.15) is 12.8 Å². The van der Waals surface area contributed by atoms with E-state index in [1.54, 1.807) is 0 Å². The molecule has 3 aliphatic heterocycles. The SMILES string of the molecule is O=C1CC[C@@H](C(=O)N2CC3CNCC3C2)N1. The van der Waals surface area contributed by atoms with Crippen LogP contribution in [0.25, 0.3) is 0 Å². The van der Waals surface area contributed by atoms with E-state index in [0.29, 0.717) is 24.7 Å². The van der Waals surface area contributed by atoms with E-state index in [0.717, 1.165) is 26.2 Å². The molecule has 0 spiro atoms. The van der Waals surface area contributed by atoms with Gasteiger partial charge in [-0.05, 0) is 18.3 Å². The number of fused-ring (bicyclic) bond motifs is 1. The van der Waals surface area contributed by atoms with Crippen LogP contribution in [-0.4, -0.2) is 48.9 Å². The maximum absolute atomic E-state index is 12.1. The van der Waals surface area contributed by atoms with Crippen molar-refractivity contribution in [2.24, 2.45) is 11.8 Å². The molecule has 0 radical (unpaired) electrons. The van der Waals surface area contributed by atoms with Gasteiger partial charge in [-0.15, -0.1) is 0 Å². The third-order valence-electron chi connectivity index (χ3n) is 3.99. The van der Waals surface area contributed by atoms with E-state index in [9.17, 15) is 9.59 Å². The van der Waals surface area contributed by atoms with Crippen LogP contribution in [0.3, 0.4) is 0 Å². The predicted octanol–water partition coefficient (Wildman–Crippen LogP) is -1.06. The number of carbonyl (C=O) groups is 2. The molecule has 0 saturated carbocycles. The Morgan fingerprint density at radius 1 is 1.25 bits per heavy atom. The van der Waals surface area contributed by atoms with Crippen molar-refractivity contribution in [1.29, 1.82) is 0 Å².